The van der Waals surface area contributed by atoms with Crippen molar-refractivity contribution in [2.75, 3.05) is 19.0 Å². The van der Waals surface area contributed by atoms with Gasteiger partial charge in [-0.2, -0.15) is 0 Å². The number of carbonyl (C=O) groups excluding carboxylic acids is 1. The van der Waals surface area contributed by atoms with Crippen LogP contribution >= 0.6 is 11.6 Å². The Morgan fingerprint density at radius 3 is 2.56 bits per heavy atom. The Labute approximate surface area is 190 Å². The van der Waals surface area contributed by atoms with Gasteiger partial charge in [-0.3, -0.25) is 4.79 Å². The first-order valence-electron chi connectivity index (χ1n) is 9.99. The molecule has 8 heteroatoms. The first-order valence-corrected chi connectivity index (χ1v) is 10.4. The molecular weight excluding hydrogens is 428 g/mol. The van der Waals surface area contributed by atoms with E-state index in [1.54, 1.807) is 36.1 Å². The van der Waals surface area contributed by atoms with Crippen molar-refractivity contribution in [1.29, 1.82) is 0 Å². The second-order valence-corrected chi connectivity index (χ2v) is 7.20. The number of rotatable bonds is 7. The Kier molecular flexibility index (Phi) is 6.37. The van der Waals surface area contributed by atoms with Crippen LogP contribution < -0.4 is 14.8 Å². The number of methoxy groups -OCH3 is 1. The van der Waals surface area contributed by atoms with E-state index < -0.39 is 5.91 Å². The molecule has 0 aliphatic rings. The maximum Gasteiger partial charge on any atom is 0.295 e. The van der Waals surface area contributed by atoms with Gasteiger partial charge in [0.05, 0.1) is 25.1 Å². The maximum atomic E-state index is 13.0. The minimum absolute atomic E-state index is 0.0158. The second-order valence-electron chi connectivity index (χ2n) is 6.76. The van der Waals surface area contributed by atoms with Crippen molar-refractivity contribution in [1.82, 2.24) is 14.8 Å². The molecule has 0 spiro atoms. The Morgan fingerprint density at radius 1 is 1.06 bits per heavy atom. The molecule has 0 aliphatic carbocycles. The lowest BCUT2D eigenvalue weighted by Gasteiger charge is -2.09. The number of para-hydroxylation sites is 2. The van der Waals surface area contributed by atoms with E-state index in [0.717, 1.165) is 5.56 Å². The Balaban J connectivity index is 1.74. The highest BCUT2D eigenvalue weighted by molar-refractivity contribution is 6.30. The molecule has 0 aliphatic heterocycles. The van der Waals surface area contributed by atoms with Crippen molar-refractivity contribution in [3.63, 3.8) is 0 Å². The monoisotopic (exact) mass is 448 g/mol. The van der Waals surface area contributed by atoms with E-state index in [1.807, 2.05) is 55.5 Å². The molecule has 1 amide bonds. The van der Waals surface area contributed by atoms with Crippen molar-refractivity contribution < 1.29 is 14.3 Å². The average Bonchev–Trinajstić information content (AvgIpc) is 3.26. The predicted molar refractivity (Wildman–Crippen MR) is 124 cm³/mol. The smallest absolute Gasteiger partial charge is 0.295 e. The zero-order valence-electron chi connectivity index (χ0n) is 17.6. The first kappa shape index (κ1) is 21.4. The highest BCUT2D eigenvalue weighted by atomic mass is 35.5. The van der Waals surface area contributed by atoms with Gasteiger partial charge in [-0.1, -0.05) is 29.8 Å². The fourth-order valence-corrected chi connectivity index (χ4v) is 3.34. The van der Waals surface area contributed by atoms with Crippen LogP contribution in [-0.2, 0) is 0 Å². The summed E-state index contributed by atoms with van der Waals surface area (Å²) in [6.45, 7) is 2.37. The number of benzene rings is 3. The molecule has 4 aromatic rings. The van der Waals surface area contributed by atoms with Crippen LogP contribution in [0.5, 0.6) is 11.5 Å². The fourth-order valence-electron chi connectivity index (χ4n) is 3.15. The third kappa shape index (κ3) is 4.58. The molecular formula is C24H21ClN4O3. The third-order valence-corrected chi connectivity index (χ3v) is 4.88. The summed E-state index contributed by atoms with van der Waals surface area (Å²) in [5.74, 6) is 1.36. The SMILES string of the molecule is CCOc1ccccc1NC(=O)c1nc(-c2ccc(OC)cc2)n(-c2cccc(Cl)c2)n1. The molecule has 4 rings (SSSR count). The molecule has 0 fully saturated rings. The van der Waals surface area contributed by atoms with E-state index in [-0.39, 0.29) is 5.82 Å². The molecule has 1 heterocycles. The van der Waals surface area contributed by atoms with Gasteiger partial charge in [-0.15, -0.1) is 5.10 Å². The molecule has 0 bridgehead atoms. The van der Waals surface area contributed by atoms with Gasteiger partial charge in [0.25, 0.3) is 5.91 Å². The topological polar surface area (TPSA) is 78.3 Å². The summed E-state index contributed by atoms with van der Waals surface area (Å²) in [5, 5.41) is 7.86. The summed E-state index contributed by atoms with van der Waals surface area (Å²) < 4.78 is 12.4. The number of nitrogens with one attached hydrogen (secondary N) is 1. The van der Waals surface area contributed by atoms with E-state index in [1.165, 1.54) is 0 Å². The van der Waals surface area contributed by atoms with Gasteiger partial charge in [-0.05, 0) is 61.5 Å². The van der Waals surface area contributed by atoms with E-state index >= 15 is 0 Å². The number of hydrogen-bond donors (Lipinski definition) is 1. The van der Waals surface area contributed by atoms with Gasteiger partial charge in [0.15, 0.2) is 5.82 Å². The van der Waals surface area contributed by atoms with Crippen molar-refractivity contribution >= 4 is 23.2 Å². The average molecular weight is 449 g/mol. The molecule has 162 valence electrons. The predicted octanol–water partition coefficient (Wildman–Crippen LogP) is 5.25. The van der Waals surface area contributed by atoms with E-state index in [2.05, 4.69) is 15.4 Å². The normalized spacial score (nSPS) is 10.6. The molecule has 1 N–H and O–H groups in total. The largest absolute Gasteiger partial charge is 0.497 e. The molecule has 32 heavy (non-hydrogen) atoms. The number of nitrogens with zero attached hydrogens (tertiary/aromatic N) is 3. The molecule has 1 aromatic heterocycles. The molecule has 3 aromatic carbocycles. The number of amides is 1. The third-order valence-electron chi connectivity index (χ3n) is 4.65. The zero-order valence-corrected chi connectivity index (χ0v) is 18.3. The molecule has 0 radical (unpaired) electrons. The molecule has 0 saturated heterocycles. The highest BCUT2D eigenvalue weighted by Gasteiger charge is 2.20. The number of hydrogen-bond acceptors (Lipinski definition) is 5. The van der Waals surface area contributed by atoms with Gasteiger partial charge in [0.1, 0.15) is 11.5 Å². The quantitative estimate of drug-likeness (QED) is 0.418. The van der Waals surface area contributed by atoms with Gasteiger partial charge >= 0.3 is 0 Å². The molecule has 0 saturated carbocycles. The molecule has 0 unspecified atom stereocenters. The minimum atomic E-state index is -0.451. The lowest BCUT2D eigenvalue weighted by Crippen LogP contribution is -2.15. The summed E-state index contributed by atoms with van der Waals surface area (Å²) in [6.07, 6.45) is 0. The van der Waals surface area contributed by atoms with E-state index in [4.69, 9.17) is 21.1 Å². The van der Waals surface area contributed by atoms with E-state index in [9.17, 15) is 4.79 Å². The van der Waals surface area contributed by atoms with Gasteiger partial charge < -0.3 is 14.8 Å². The summed E-state index contributed by atoms with van der Waals surface area (Å²) in [7, 11) is 1.60. The minimum Gasteiger partial charge on any atom is -0.497 e. The summed E-state index contributed by atoms with van der Waals surface area (Å²) in [6, 6.07) is 21.8. The van der Waals surface area contributed by atoms with Crippen LogP contribution in [0.25, 0.3) is 17.1 Å². The number of aromatic nitrogens is 3. The highest BCUT2D eigenvalue weighted by Crippen LogP contribution is 2.27. The zero-order chi connectivity index (χ0) is 22.5. The number of ether oxygens (including phenoxy) is 2. The van der Waals surface area contributed by atoms with Crippen LogP contribution in [-0.4, -0.2) is 34.4 Å². The van der Waals surface area contributed by atoms with Gasteiger partial charge in [-0.25, -0.2) is 9.67 Å². The van der Waals surface area contributed by atoms with Crippen LogP contribution in [0.4, 0.5) is 5.69 Å². The van der Waals surface area contributed by atoms with Crippen LogP contribution in [0, 0.1) is 0 Å². The Bertz CT molecular complexity index is 1240. The molecule has 7 nitrogen and oxygen atoms in total. The lowest BCUT2D eigenvalue weighted by molar-refractivity contribution is 0.101. The summed E-state index contributed by atoms with van der Waals surface area (Å²) >= 11 is 6.19. The summed E-state index contributed by atoms with van der Waals surface area (Å²) in [5.41, 5.74) is 2.00. The lowest BCUT2D eigenvalue weighted by atomic mass is 10.2. The van der Waals surface area contributed by atoms with Crippen molar-refractivity contribution in [2.24, 2.45) is 0 Å². The second kappa shape index (κ2) is 9.53. The van der Waals surface area contributed by atoms with E-state index in [0.29, 0.717) is 40.3 Å². The van der Waals surface area contributed by atoms with Crippen LogP contribution in [0.3, 0.4) is 0 Å². The first-order chi connectivity index (χ1) is 15.6. The van der Waals surface area contributed by atoms with Crippen LogP contribution in [0.1, 0.15) is 17.5 Å². The Hall–Kier alpha value is -3.84. The maximum absolute atomic E-state index is 13.0. The Morgan fingerprint density at radius 2 is 1.84 bits per heavy atom. The fraction of sp³-hybridized carbons (Fsp3) is 0.125. The van der Waals surface area contributed by atoms with Gasteiger partial charge in [0, 0.05) is 10.6 Å². The standard InChI is InChI=1S/C24H21ClN4O3/c1-3-32-21-10-5-4-9-20(21)26-24(30)22-27-23(16-11-13-19(31-2)14-12-16)29(28-22)18-8-6-7-17(25)15-18/h4-15H,3H2,1-2H3,(H,26,30). The van der Waals surface area contributed by atoms with Crippen molar-refractivity contribution in [2.45, 2.75) is 6.92 Å². The summed E-state index contributed by atoms with van der Waals surface area (Å²) in [4.78, 5) is 17.5. The van der Waals surface area contributed by atoms with Crippen LogP contribution in [0.2, 0.25) is 5.02 Å². The molecule has 0 atom stereocenters. The van der Waals surface area contributed by atoms with Crippen molar-refractivity contribution in [3.05, 3.63) is 83.6 Å². The van der Waals surface area contributed by atoms with Gasteiger partial charge in [0.2, 0.25) is 5.82 Å². The number of carbonyl (C=O) groups is 1. The number of anilines is 1. The number of halogens is 1. The van der Waals surface area contributed by atoms with Crippen molar-refractivity contribution in [3.8, 4) is 28.6 Å². The van der Waals surface area contributed by atoms with Crippen LogP contribution in [0.15, 0.2) is 72.8 Å².